The zero-order chi connectivity index (χ0) is 22.6. The van der Waals surface area contributed by atoms with Crippen molar-refractivity contribution >= 4 is 59.7 Å². The average Bonchev–Trinajstić information content (AvgIpc) is 2.73. The van der Waals surface area contributed by atoms with Gasteiger partial charge in [-0.15, -0.1) is 0 Å². The summed E-state index contributed by atoms with van der Waals surface area (Å²) >= 11 is 2.02. The smallest absolute Gasteiger partial charge is 0.243 e. The molecule has 0 saturated carbocycles. The van der Waals surface area contributed by atoms with Crippen LogP contribution >= 0.6 is 22.6 Å². The van der Waals surface area contributed by atoms with E-state index in [2.05, 4.69) is 10.6 Å². The molecule has 1 fully saturated rings. The van der Waals surface area contributed by atoms with Gasteiger partial charge >= 0.3 is 0 Å². The maximum atomic E-state index is 12.6. The zero-order valence-electron chi connectivity index (χ0n) is 16.7. The monoisotopic (exact) mass is 579 g/mol. The normalized spacial score (nSPS) is 15.4. The largest absolute Gasteiger partial charge is 0.379 e. The van der Waals surface area contributed by atoms with Crippen molar-refractivity contribution in [3.63, 3.8) is 0 Å². The molecule has 0 aliphatic carbocycles. The Morgan fingerprint density at radius 2 is 1.71 bits per heavy atom. The SMILES string of the molecule is CS(=O)(=O)c1cc(I)ccc1NCC(=O)Nc1ccc(S(=O)(=O)N2CCOCC2)cc1. The second-order valence-corrected chi connectivity index (χ2v) is 12.0. The average molecular weight is 579 g/mol. The number of sulfonamides is 1. The second kappa shape index (κ2) is 9.81. The number of morpholine rings is 1. The van der Waals surface area contributed by atoms with Crippen LogP contribution in [0.1, 0.15) is 0 Å². The van der Waals surface area contributed by atoms with Gasteiger partial charge < -0.3 is 15.4 Å². The first-order valence-electron chi connectivity index (χ1n) is 9.29. The van der Waals surface area contributed by atoms with Crippen molar-refractivity contribution in [2.24, 2.45) is 0 Å². The summed E-state index contributed by atoms with van der Waals surface area (Å²) in [5.74, 6) is -0.401. The van der Waals surface area contributed by atoms with Crippen molar-refractivity contribution < 1.29 is 26.4 Å². The third-order valence-corrected chi connectivity index (χ3v) is 8.25. The fourth-order valence-corrected chi connectivity index (χ4v) is 5.97. The molecule has 1 amide bonds. The van der Waals surface area contributed by atoms with Crippen LogP contribution < -0.4 is 10.6 Å². The van der Waals surface area contributed by atoms with Crippen LogP contribution in [0.4, 0.5) is 11.4 Å². The van der Waals surface area contributed by atoms with Gasteiger partial charge in [0.15, 0.2) is 9.84 Å². The van der Waals surface area contributed by atoms with Crippen molar-refractivity contribution in [1.82, 2.24) is 4.31 Å². The molecule has 1 aliphatic heterocycles. The highest BCUT2D eigenvalue weighted by atomic mass is 127. The predicted molar refractivity (Wildman–Crippen MR) is 125 cm³/mol. The number of sulfone groups is 1. The summed E-state index contributed by atoms with van der Waals surface area (Å²) in [5.41, 5.74) is 0.767. The molecule has 0 unspecified atom stereocenters. The minimum atomic E-state index is -3.61. The third kappa shape index (κ3) is 6.16. The molecule has 1 saturated heterocycles. The van der Waals surface area contributed by atoms with Gasteiger partial charge in [-0.2, -0.15) is 4.31 Å². The summed E-state index contributed by atoms with van der Waals surface area (Å²) in [4.78, 5) is 12.5. The minimum Gasteiger partial charge on any atom is -0.379 e. The zero-order valence-corrected chi connectivity index (χ0v) is 20.5. The van der Waals surface area contributed by atoms with Gasteiger partial charge in [0.2, 0.25) is 15.9 Å². The molecule has 1 heterocycles. The van der Waals surface area contributed by atoms with Crippen molar-refractivity contribution in [3.8, 4) is 0 Å². The van der Waals surface area contributed by atoms with E-state index in [9.17, 15) is 21.6 Å². The Bertz CT molecular complexity index is 1160. The molecule has 2 aromatic rings. The second-order valence-electron chi connectivity index (χ2n) is 6.86. The van der Waals surface area contributed by atoms with Gasteiger partial charge in [0.05, 0.1) is 35.2 Å². The number of hydrogen-bond acceptors (Lipinski definition) is 7. The summed E-state index contributed by atoms with van der Waals surface area (Å²) in [6.45, 7) is 1.18. The molecule has 31 heavy (non-hydrogen) atoms. The van der Waals surface area contributed by atoms with Crippen molar-refractivity contribution in [1.29, 1.82) is 0 Å². The Balaban J connectivity index is 1.63. The van der Waals surface area contributed by atoms with Gasteiger partial charge in [-0.1, -0.05) is 0 Å². The number of amides is 1. The van der Waals surface area contributed by atoms with Crippen LogP contribution in [-0.4, -0.2) is 66.2 Å². The fraction of sp³-hybridized carbons (Fsp3) is 0.316. The molecule has 1 aliphatic rings. The van der Waals surface area contributed by atoms with Crippen molar-refractivity contribution in [3.05, 3.63) is 46.0 Å². The van der Waals surface area contributed by atoms with Crippen molar-refractivity contribution in [2.45, 2.75) is 9.79 Å². The van der Waals surface area contributed by atoms with E-state index in [0.717, 1.165) is 9.83 Å². The molecule has 9 nitrogen and oxygen atoms in total. The molecule has 168 valence electrons. The number of ether oxygens (including phenoxy) is 1. The van der Waals surface area contributed by atoms with Crippen LogP contribution in [0.15, 0.2) is 52.3 Å². The Morgan fingerprint density at radius 3 is 2.32 bits per heavy atom. The number of nitrogens with zero attached hydrogens (tertiary/aromatic N) is 1. The molecule has 0 aromatic heterocycles. The van der Waals surface area contributed by atoms with Crippen LogP contribution in [0.5, 0.6) is 0 Å². The topological polar surface area (TPSA) is 122 Å². The van der Waals surface area contributed by atoms with Gasteiger partial charge in [0.25, 0.3) is 0 Å². The fourth-order valence-electron chi connectivity index (χ4n) is 2.98. The van der Waals surface area contributed by atoms with Crippen LogP contribution in [-0.2, 0) is 29.4 Å². The van der Waals surface area contributed by atoms with Crippen LogP contribution in [0, 0.1) is 3.57 Å². The Morgan fingerprint density at radius 1 is 1.06 bits per heavy atom. The summed E-state index contributed by atoms with van der Waals surface area (Å²) in [7, 11) is -7.06. The third-order valence-electron chi connectivity index (χ3n) is 4.53. The molecule has 3 rings (SSSR count). The standard InChI is InChI=1S/C19H22IN3O6S2/c1-30(25,26)18-12-14(20)2-7-17(18)21-13-19(24)22-15-3-5-16(6-4-15)31(27,28)23-8-10-29-11-9-23/h2-7,12,21H,8-11,13H2,1H3,(H,22,24). The molecular formula is C19H22IN3O6S2. The summed E-state index contributed by atoms with van der Waals surface area (Å²) in [6.07, 6.45) is 1.11. The first-order valence-corrected chi connectivity index (χ1v) is 13.7. The first-order chi connectivity index (χ1) is 14.6. The summed E-state index contributed by atoms with van der Waals surface area (Å²) in [6, 6.07) is 10.8. The van der Waals surface area contributed by atoms with E-state index < -0.39 is 25.8 Å². The molecule has 2 aromatic carbocycles. The quantitative estimate of drug-likeness (QED) is 0.480. The van der Waals surface area contributed by atoms with Gasteiger partial charge in [0.1, 0.15) is 0 Å². The molecule has 12 heteroatoms. The number of carbonyl (C=O) groups excluding carboxylic acids is 1. The highest BCUT2D eigenvalue weighted by molar-refractivity contribution is 14.1. The van der Waals surface area contributed by atoms with E-state index >= 15 is 0 Å². The molecule has 0 bridgehead atoms. The van der Waals surface area contributed by atoms with Gasteiger partial charge in [0, 0.05) is 28.6 Å². The van der Waals surface area contributed by atoms with E-state index in [1.54, 1.807) is 12.1 Å². The number of rotatable bonds is 7. The lowest BCUT2D eigenvalue weighted by Gasteiger charge is -2.26. The highest BCUT2D eigenvalue weighted by Crippen LogP contribution is 2.24. The van der Waals surface area contributed by atoms with Gasteiger partial charge in [-0.25, -0.2) is 16.8 Å². The van der Waals surface area contributed by atoms with E-state index in [1.807, 2.05) is 22.6 Å². The maximum Gasteiger partial charge on any atom is 0.243 e. The first kappa shape index (κ1) is 23.9. The van der Waals surface area contributed by atoms with E-state index in [1.165, 1.54) is 34.6 Å². The van der Waals surface area contributed by atoms with Crippen LogP contribution in [0.25, 0.3) is 0 Å². The summed E-state index contributed by atoms with van der Waals surface area (Å²) < 4.78 is 56.5. The number of carbonyl (C=O) groups is 1. The Kier molecular flexibility index (Phi) is 7.57. The lowest BCUT2D eigenvalue weighted by Crippen LogP contribution is -2.40. The van der Waals surface area contributed by atoms with Crippen LogP contribution in [0.3, 0.4) is 0 Å². The predicted octanol–water partition coefficient (Wildman–Crippen LogP) is 1.77. The molecule has 0 spiro atoms. The Labute approximate surface area is 195 Å². The number of halogens is 1. The van der Waals surface area contributed by atoms with E-state index in [0.29, 0.717) is 37.7 Å². The van der Waals surface area contributed by atoms with Gasteiger partial charge in [-0.05, 0) is 65.1 Å². The van der Waals surface area contributed by atoms with Gasteiger partial charge in [-0.3, -0.25) is 4.79 Å². The summed E-state index contributed by atoms with van der Waals surface area (Å²) in [5, 5.41) is 5.50. The lowest BCUT2D eigenvalue weighted by atomic mass is 10.3. The van der Waals surface area contributed by atoms with E-state index in [4.69, 9.17) is 4.74 Å². The number of benzene rings is 2. The molecule has 2 N–H and O–H groups in total. The number of hydrogen-bond donors (Lipinski definition) is 2. The minimum absolute atomic E-state index is 0.116. The van der Waals surface area contributed by atoms with Crippen molar-refractivity contribution in [2.75, 3.05) is 49.7 Å². The maximum absolute atomic E-state index is 12.6. The number of nitrogens with one attached hydrogen (secondary N) is 2. The number of anilines is 2. The molecular weight excluding hydrogens is 557 g/mol. The Hall–Kier alpha value is -1.74. The molecule has 0 atom stereocenters. The lowest BCUT2D eigenvalue weighted by molar-refractivity contribution is -0.114. The highest BCUT2D eigenvalue weighted by Gasteiger charge is 2.26. The molecule has 0 radical (unpaired) electrons. The van der Waals surface area contributed by atoms with E-state index in [-0.39, 0.29) is 16.3 Å². The van der Waals surface area contributed by atoms with Crippen LogP contribution in [0.2, 0.25) is 0 Å².